The van der Waals surface area contributed by atoms with E-state index in [2.05, 4.69) is 15.9 Å². The molecule has 3 aromatic rings. The average Bonchev–Trinajstić information content (AvgIpc) is 2.96. The molecule has 1 heterocycles. The van der Waals surface area contributed by atoms with Gasteiger partial charge < -0.3 is 10.0 Å². The van der Waals surface area contributed by atoms with Gasteiger partial charge >= 0.3 is 0 Å². The van der Waals surface area contributed by atoms with E-state index < -0.39 is 0 Å². The molecule has 0 saturated carbocycles. The van der Waals surface area contributed by atoms with Crippen LogP contribution < -0.4 is 0 Å². The Morgan fingerprint density at radius 1 is 0.929 bits per heavy atom. The maximum absolute atomic E-state index is 13.0. The van der Waals surface area contributed by atoms with Crippen molar-refractivity contribution in [1.29, 1.82) is 0 Å². The Kier molecular flexibility index (Phi) is 5.05. The predicted molar refractivity (Wildman–Crippen MR) is 115 cm³/mol. The van der Waals surface area contributed by atoms with Crippen LogP contribution in [0.3, 0.4) is 0 Å². The number of rotatable bonds is 4. The summed E-state index contributed by atoms with van der Waals surface area (Å²) in [5, 5.41) is 10.8. The summed E-state index contributed by atoms with van der Waals surface area (Å²) in [6, 6.07) is 25.3. The second kappa shape index (κ2) is 7.64. The molecule has 0 saturated heterocycles. The van der Waals surface area contributed by atoms with Gasteiger partial charge in [-0.05, 0) is 35.7 Å². The first-order valence-corrected chi connectivity index (χ1v) is 9.94. The van der Waals surface area contributed by atoms with Crippen LogP contribution in [-0.2, 0) is 11.3 Å². The van der Waals surface area contributed by atoms with Crippen molar-refractivity contribution in [3.63, 3.8) is 0 Å². The lowest BCUT2D eigenvalue weighted by Crippen LogP contribution is -2.29. The van der Waals surface area contributed by atoms with Gasteiger partial charge in [0.25, 0.3) is 5.91 Å². The van der Waals surface area contributed by atoms with E-state index >= 15 is 0 Å². The Bertz CT molecular complexity index is 1020. The molecule has 0 spiro atoms. The van der Waals surface area contributed by atoms with Crippen LogP contribution >= 0.6 is 15.9 Å². The van der Waals surface area contributed by atoms with Gasteiger partial charge in [-0.1, -0.05) is 88.2 Å². The van der Waals surface area contributed by atoms with E-state index in [0.29, 0.717) is 12.1 Å². The summed E-state index contributed by atoms with van der Waals surface area (Å²) in [4.78, 5) is 14.8. The van der Waals surface area contributed by atoms with E-state index in [0.717, 1.165) is 21.2 Å². The number of nitrogens with zero attached hydrogens (tertiary/aromatic N) is 1. The Balaban J connectivity index is 1.80. The van der Waals surface area contributed by atoms with Crippen LogP contribution in [0.5, 0.6) is 0 Å². The number of aryl methyl sites for hydroxylation is 1. The van der Waals surface area contributed by atoms with Crippen LogP contribution in [0.25, 0.3) is 5.57 Å². The zero-order valence-electron chi connectivity index (χ0n) is 15.5. The monoisotopic (exact) mass is 433 g/mol. The van der Waals surface area contributed by atoms with Crippen molar-refractivity contribution in [2.75, 3.05) is 0 Å². The minimum absolute atomic E-state index is 0.175. The summed E-state index contributed by atoms with van der Waals surface area (Å²) in [6.07, 6.45) is 0. The molecule has 0 aliphatic carbocycles. The van der Waals surface area contributed by atoms with Crippen molar-refractivity contribution in [1.82, 2.24) is 4.90 Å². The van der Waals surface area contributed by atoms with E-state index in [1.807, 2.05) is 85.8 Å². The summed E-state index contributed by atoms with van der Waals surface area (Å²) in [5.74, 6) is -0.515. The maximum Gasteiger partial charge on any atom is 0.290 e. The fourth-order valence-corrected chi connectivity index (χ4v) is 3.88. The van der Waals surface area contributed by atoms with Crippen LogP contribution in [0.4, 0.5) is 0 Å². The van der Waals surface area contributed by atoms with Crippen molar-refractivity contribution in [2.45, 2.75) is 19.5 Å². The zero-order chi connectivity index (χ0) is 19.7. The standard InChI is InChI=1S/C24H20BrNO2/c1-16-7-9-17(10-8-16)15-26-22(19-11-13-20(25)14-12-19)21(23(27)24(26)28)18-5-3-2-4-6-18/h2-14,22,27H,15H2,1H3/t22-/m0/s1. The third-order valence-electron chi connectivity index (χ3n) is 5.05. The number of carbonyl (C=O) groups excluding carboxylic acids is 1. The highest BCUT2D eigenvalue weighted by molar-refractivity contribution is 9.10. The summed E-state index contributed by atoms with van der Waals surface area (Å²) in [5.41, 5.74) is 4.68. The molecule has 0 radical (unpaired) electrons. The van der Waals surface area contributed by atoms with E-state index in [1.54, 1.807) is 4.90 Å². The van der Waals surface area contributed by atoms with Crippen LogP contribution in [0.2, 0.25) is 0 Å². The first-order valence-electron chi connectivity index (χ1n) is 9.15. The van der Waals surface area contributed by atoms with Crippen LogP contribution in [0, 0.1) is 6.92 Å². The number of amides is 1. The van der Waals surface area contributed by atoms with Gasteiger partial charge in [-0.15, -0.1) is 0 Å². The second-order valence-electron chi connectivity index (χ2n) is 7.00. The van der Waals surface area contributed by atoms with E-state index in [-0.39, 0.29) is 17.7 Å². The molecule has 140 valence electrons. The highest BCUT2D eigenvalue weighted by Crippen LogP contribution is 2.43. The van der Waals surface area contributed by atoms with E-state index in [1.165, 1.54) is 5.56 Å². The molecule has 0 aromatic heterocycles. The normalized spacial score (nSPS) is 16.7. The van der Waals surface area contributed by atoms with Gasteiger partial charge in [0.15, 0.2) is 5.76 Å². The molecule has 4 rings (SSSR count). The van der Waals surface area contributed by atoms with Crippen LogP contribution in [0.15, 0.2) is 89.1 Å². The van der Waals surface area contributed by atoms with Gasteiger partial charge in [-0.25, -0.2) is 0 Å². The van der Waals surface area contributed by atoms with Gasteiger partial charge in [-0.2, -0.15) is 0 Å². The molecule has 0 unspecified atom stereocenters. The largest absolute Gasteiger partial charge is 0.503 e. The lowest BCUT2D eigenvalue weighted by atomic mass is 9.93. The lowest BCUT2D eigenvalue weighted by molar-refractivity contribution is -0.130. The highest BCUT2D eigenvalue weighted by atomic mass is 79.9. The van der Waals surface area contributed by atoms with Crippen molar-refractivity contribution in [3.05, 3.63) is 111 Å². The Labute approximate surface area is 173 Å². The van der Waals surface area contributed by atoms with Crippen molar-refractivity contribution >= 4 is 27.4 Å². The Hall–Kier alpha value is -2.85. The lowest BCUT2D eigenvalue weighted by Gasteiger charge is -2.27. The minimum atomic E-state index is -0.343. The number of aliphatic hydroxyl groups is 1. The maximum atomic E-state index is 13.0. The average molecular weight is 434 g/mol. The number of hydrogen-bond donors (Lipinski definition) is 1. The van der Waals surface area contributed by atoms with Gasteiger partial charge in [0, 0.05) is 16.6 Å². The molecule has 28 heavy (non-hydrogen) atoms. The molecule has 4 heteroatoms. The zero-order valence-corrected chi connectivity index (χ0v) is 17.1. The fraction of sp³-hybridized carbons (Fsp3) is 0.125. The molecular weight excluding hydrogens is 414 g/mol. The van der Waals surface area contributed by atoms with Crippen molar-refractivity contribution in [3.8, 4) is 0 Å². The van der Waals surface area contributed by atoms with Crippen molar-refractivity contribution in [2.24, 2.45) is 0 Å². The predicted octanol–water partition coefficient (Wildman–Crippen LogP) is 5.81. The SMILES string of the molecule is Cc1ccc(CN2C(=O)C(O)=C(c3ccccc3)[C@@H]2c2ccc(Br)cc2)cc1. The Morgan fingerprint density at radius 3 is 2.21 bits per heavy atom. The van der Waals surface area contributed by atoms with Crippen molar-refractivity contribution < 1.29 is 9.90 Å². The number of carbonyl (C=O) groups is 1. The van der Waals surface area contributed by atoms with Crippen LogP contribution in [0.1, 0.15) is 28.3 Å². The number of hydrogen-bond acceptors (Lipinski definition) is 2. The third kappa shape index (κ3) is 3.48. The summed E-state index contributed by atoms with van der Waals surface area (Å²) >= 11 is 3.47. The van der Waals surface area contributed by atoms with Gasteiger partial charge in [0.1, 0.15) is 0 Å². The Morgan fingerprint density at radius 2 is 1.57 bits per heavy atom. The number of halogens is 1. The van der Waals surface area contributed by atoms with Gasteiger partial charge in [-0.3, -0.25) is 4.79 Å². The first kappa shape index (κ1) is 18.5. The van der Waals surface area contributed by atoms with E-state index in [9.17, 15) is 9.90 Å². The van der Waals surface area contributed by atoms with Crippen LogP contribution in [-0.4, -0.2) is 15.9 Å². The first-order chi connectivity index (χ1) is 13.5. The topological polar surface area (TPSA) is 40.5 Å². The van der Waals surface area contributed by atoms with E-state index in [4.69, 9.17) is 0 Å². The van der Waals surface area contributed by atoms with Gasteiger partial charge in [0.2, 0.25) is 0 Å². The molecule has 1 amide bonds. The van der Waals surface area contributed by atoms with Gasteiger partial charge in [0.05, 0.1) is 6.04 Å². The molecule has 3 aromatic carbocycles. The fourth-order valence-electron chi connectivity index (χ4n) is 3.61. The second-order valence-corrected chi connectivity index (χ2v) is 7.92. The number of benzene rings is 3. The summed E-state index contributed by atoms with van der Waals surface area (Å²) in [7, 11) is 0. The number of aliphatic hydroxyl groups excluding tert-OH is 1. The molecule has 0 bridgehead atoms. The molecule has 1 N–H and O–H groups in total. The smallest absolute Gasteiger partial charge is 0.290 e. The summed E-state index contributed by atoms with van der Waals surface area (Å²) in [6.45, 7) is 2.47. The highest BCUT2D eigenvalue weighted by Gasteiger charge is 2.40. The molecular formula is C24H20BrNO2. The quantitative estimate of drug-likeness (QED) is 0.563. The summed E-state index contributed by atoms with van der Waals surface area (Å²) < 4.78 is 0.972. The molecule has 1 aliphatic rings. The molecule has 3 nitrogen and oxygen atoms in total. The third-order valence-corrected chi connectivity index (χ3v) is 5.58. The molecule has 1 atom stereocenters. The molecule has 1 aliphatic heterocycles. The minimum Gasteiger partial charge on any atom is -0.503 e. The molecule has 0 fully saturated rings.